The largest absolute Gasteiger partial charge is 0.487 e. The summed E-state index contributed by atoms with van der Waals surface area (Å²) in [5, 5.41) is 3.85. The second-order valence-electron chi connectivity index (χ2n) is 7.34. The third kappa shape index (κ3) is 5.73. The molecule has 1 amide bonds. The highest BCUT2D eigenvalue weighted by molar-refractivity contribution is 7.12. The van der Waals surface area contributed by atoms with Crippen molar-refractivity contribution >= 4 is 52.0 Å². The van der Waals surface area contributed by atoms with E-state index in [0.29, 0.717) is 40.5 Å². The highest BCUT2D eigenvalue weighted by Crippen LogP contribution is 2.26. The van der Waals surface area contributed by atoms with Crippen molar-refractivity contribution in [2.75, 3.05) is 26.2 Å². The number of para-hydroxylation sites is 1. The van der Waals surface area contributed by atoms with Gasteiger partial charge in [0.2, 0.25) is 0 Å². The molecule has 0 atom stereocenters. The third-order valence-electron chi connectivity index (χ3n) is 5.16. The summed E-state index contributed by atoms with van der Waals surface area (Å²) in [5.74, 6) is 0.707. The van der Waals surface area contributed by atoms with Gasteiger partial charge in [0.1, 0.15) is 12.4 Å². The fourth-order valence-corrected chi connectivity index (χ4v) is 4.96. The molecular formula is C23H21Cl3N2O2S. The predicted octanol–water partition coefficient (Wildman–Crippen LogP) is 6.25. The molecule has 4 nitrogen and oxygen atoms in total. The zero-order chi connectivity index (χ0) is 21.8. The molecular weight excluding hydrogens is 475 g/mol. The molecule has 4 rings (SSSR count). The van der Waals surface area contributed by atoms with Gasteiger partial charge in [-0.25, -0.2) is 0 Å². The maximum absolute atomic E-state index is 12.9. The van der Waals surface area contributed by atoms with Crippen molar-refractivity contribution in [3.8, 4) is 5.75 Å². The maximum Gasteiger partial charge on any atom is 0.264 e. The zero-order valence-corrected chi connectivity index (χ0v) is 19.8. The van der Waals surface area contributed by atoms with Gasteiger partial charge >= 0.3 is 0 Å². The smallest absolute Gasteiger partial charge is 0.264 e. The van der Waals surface area contributed by atoms with Crippen LogP contribution in [0.5, 0.6) is 5.75 Å². The minimum Gasteiger partial charge on any atom is -0.487 e. The molecule has 162 valence electrons. The molecule has 0 spiro atoms. The number of rotatable bonds is 6. The lowest BCUT2D eigenvalue weighted by Crippen LogP contribution is -2.48. The van der Waals surface area contributed by atoms with Crippen LogP contribution in [0.3, 0.4) is 0 Å². The Labute approximate surface area is 200 Å². The van der Waals surface area contributed by atoms with E-state index in [-0.39, 0.29) is 5.91 Å². The van der Waals surface area contributed by atoms with Gasteiger partial charge in [-0.2, -0.15) is 0 Å². The van der Waals surface area contributed by atoms with Gasteiger partial charge < -0.3 is 9.64 Å². The van der Waals surface area contributed by atoms with Crippen LogP contribution in [0, 0.1) is 0 Å². The van der Waals surface area contributed by atoms with Crippen molar-refractivity contribution in [3.63, 3.8) is 0 Å². The Balaban J connectivity index is 1.29. The number of hydrogen-bond donors (Lipinski definition) is 0. The van der Waals surface area contributed by atoms with Gasteiger partial charge in [-0.15, -0.1) is 11.3 Å². The summed E-state index contributed by atoms with van der Waals surface area (Å²) in [7, 11) is 0. The molecule has 1 aliphatic rings. The monoisotopic (exact) mass is 494 g/mol. The third-order valence-corrected chi connectivity index (χ3v) is 7.03. The van der Waals surface area contributed by atoms with E-state index in [1.807, 2.05) is 46.7 Å². The molecule has 0 unspecified atom stereocenters. The molecule has 1 saturated heterocycles. The lowest BCUT2D eigenvalue weighted by atomic mass is 10.2. The number of hydrogen-bond acceptors (Lipinski definition) is 4. The van der Waals surface area contributed by atoms with Gasteiger partial charge in [0.25, 0.3) is 5.91 Å². The first-order valence-electron chi connectivity index (χ1n) is 9.90. The van der Waals surface area contributed by atoms with Crippen LogP contribution in [-0.2, 0) is 13.2 Å². The molecule has 0 saturated carbocycles. The first-order chi connectivity index (χ1) is 15.0. The van der Waals surface area contributed by atoms with Crippen LogP contribution in [0.2, 0.25) is 15.1 Å². The summed E-state index contributed by atoms with van der Waals surface area (Å²) < 4.78 is 5.77. The average Bonchev–Trinajstić information content (AvgIpc) is 3.24. The van der Waals surface area contributed by atoms with Crippen LogP contribution in [0.25, 0.3) is 0 Å². The average molecular weight is 496 g/mol. The number of ether oxygens (including phenoxy) is 1. The molecule has 0 radical (unpaired) electrons. The highest BCUT2D eigenvalue weighted by atomic mass is 35.5. The van der Waals surface area contributed by atoms with Crippen LogP contribution in [0.1, 0.15) is 20.8 Å². The van der Waals surface area contributed by atoms with E-state index in [4.69, 9.17) is 39.5 Å². The maximum atomic E-state index is 12.9. The summed E-state index contributed by atoms with van der Waals surface area (Å²) in [6.07, 6.45) is 0. The van der Waals surface area contributed by atoms with Crippen molar-refractivity contribution in [1.29, 1.82) is 0 Å². The number of benzene rings is 2. The van der Waals surface area contributed by atoms with Crippen LogP contribution in [0.15, 0.2) is 53.9 Å². The van der Waals surface area contributed by atoms with E-state index < -0.39 is 0 Å². The summed E-state index contributed by atoms with van der Waals surface area (Å²) in [6.45, 7) is 4.11. The number of halogens is 3. The minimum atomic E-state index is 0.0677. The van der Waals surface area contributed by atoms with Gasteiger partial charge in [0.15, 0.2) is 0 Å². The standard InChI is InChI=1S/C23H21Cl3N2O2S/c24-18-6-5-17(20(26)12-18)13-27-7-9-28(10-8-27)23(29)22-11-16(15-31-22)14-30-21-4-2-1-3-19(21)25/h1-6,11-12,15H,7-10,13-14H2. The predicted molar refractivity (Wildman–Crippen MR) is 128 cm³/mol. The molecule has 8 heteroatoms. The molecule has 1 aromatic heterocycles. The number of carbonyl (C=O) groups is 1. The van der Waals surface area contributed by atoms with Crippen molar-refractivity contribution in [3.05, 3.63) is 85.0 Å². The zero-order valence-electron chi connectivity index (χ0n) is 16.7. The van der Waals surface area contributed by atoms with Gasteiger partial charge in [-0.05, 0) is 41.3 Å². The van der Waals surface area contributed by atoms with Gasteiger partial charge in [0.05, 0.1) is 9.90 Å². The summed E-state index contributed by atoms with van der Waals surface area (Å²) in [4.78, 5) is 17.9. The van der Waals surface area contributed by atoms with Crippen molar-refractivity contribution < 1.29 is 9.53 Å². The molecule has 2 aromatic carbocycles. The number of piperazine rings is 1. The van der Waals surface area contributed by atoms with Crippen LogP contribution >= 0.6 is 46.1 Å². The number of carbonyl (C=O) groups excluding carboxylic acids is 1. The molecule has 31 heavy (non-hydrogen) atoms. The van der Waals surface area contributed by atoms with E-state index in [9.17, 15) is 4.79 Å². The Bertz CT molecular complexity index is 1060. The summed E-state index contributed by atoms with van der Waals surface area (Å²) in [5.41, 5.74) is 2.01. The molecule has 1 aliphatic heterocycles. The van der Waals surface area contributed by atoms with Gasteiger partial charge in [0, 0.05) is 48.3 Å². The lowest BCUT2D eigenvalue weighted by molar-refractivity contribution is 0.0633. The molecule has 0 N–H and O–H groups in total. The van der Waals surface area contributed by atoms with E-state index >= 15 is 0 Å². The quantitative estimate of drug-likeness (QED) is 0.405. The Morgan fingerprint density at radius 2 is 1.74 bits per heavy atom. The van der Waals surface area contributed by atoms with Crippen molar-refractivity contribution in [1.82, 2.24) is 9.80 Å². The Morgan fingerprint density at radius 1 is 0.968 bits per heavy atom. The van der Waals surface area contributed by atoms with E-state index in [0.717, 1.165) is 35.6 Å². The Hall–Kier alpha value is -1.76. The van der Waals surface area contributed by atoms with Gasteiger partial charge in [-0.1, -0.05) is 53.0 Å². The van der Waals surface area contributed by atoms with E-state index in [1.54, 1.807) is 12.1 Å². The van der Waals surface area contributed by atoms with Crippen LogP contribution in [-0.4, -0.2) is 41.9 Å². The number of thiophene rings is 1. The molecule has 2 heterocycles. The molecule has 0 bridgehead atoms. The number of nitrogens with zero attached hydrogens (tertiary/aromatic N) is 2. The van der Waals surface area contributed by atoms with Gasteiger partial charge in [-0.3, -0.25) is 9.69 Å². The second-order valence-corrected chi connectivity index (χ2v) is 9.50. The van der Waals surface area contributed by atoms with Crippen molar-refractivity contribution in [2.24, 2.45) is 0 Å². The molecule has 3 aromatic rings. The molecule has 1 fully saturated rings. The topological polar surface area (TPSA) is 32.8 Å². The second kappa shape index (κ2) is 10.2. The minimum absolute atomic E-state index is 0.0677. The summed E-state index contributed by atoms with van der Waals surface area (Å²) >= 11 is 19.8. The Morgan fingerprint density at radius 3 is 2.48 bits per heavy atom. The first-order valence-corrected chi connectivity index (χ1v) is 11.9. The van der Waals surface area contributed by atoms with Crippen molar-refractivity contribution in [2.45, 2.75) is 13.2 Å². The molecule has 0 aliphatic carbocycles. The fraction of sp³-hybridized carbons (Fsp3) is 0.261. The first kappa shape index (κ1) is 22.4. The summed E-state index contributed by atoms with van der Waals surface area (Å²) in [6, 6.07) is 14.8. The number of amides is 1. The van der Waals surface area contributed by atoms with Crippen LogP contribution in [0.4, 0.5) is 0 Å². The fourth-order valence-electron chi connectivity index (χ4n) is 3.44. The Kier molecular flexibility index (Phi) is 7.41. The van der Waals surface area contributed by atoms with Crippen LogP contribution < -0.4 is 4.74 Å². The van der Waals surface area contributed by atoms with E-state index in [2.05, 4.69) is 4.90 Å². The van der Waals surface area contributed by atoms with E-state index in [1.165, 1.54) is 11.3 Å². The highest BCUT2D eigenvalue weighted by Gasteiger charge is 2.23. The SMILES string of the molecule is O=C(c1cc(COc2ccccc2Cl)cs1)N1CCN(Cc2ccc(Cl)cc2Cl)CC1. The lowest BCUT2D eigenvalue weighted by Gasteiger charge is -2.34. The normalized spacial score (nSPS) is 14.6.